The van der Waals surface area contributed by atoms with E-state index in [1.807, 2.05) is 0 Å². The Hall–Kier alpha value is -4.58. The molecule has 2 N–H and O–H groups in total. The minimum atomic E-state index is -4.67. The van der Waals surface area contributed by atoms with E-state index < -0.39 is 59.7 Å². The van der Waals surface area contributed by atoms with E-state index in [1.165, 1.54) is 24.7 Å². The van der Waals surface area contributed by atoms with Gasteiger partial charge in [0, 0.05) is 18.8 Å². The van der Waals surface area contributed by atoms with Gasteiger partial charge in [0.2, 0.25) is 11.8 Å². The predicted molar refractivity (Wildman–Crippen MR) is 145 cm³/mol. The molecule has 0 spiro atoms. The lowest BCUT2D eigenvalue weighted by Crippen LogP contribution is -2.40. The van der Waals surface area contributed by atoms with Crippen LogP contribution in [0.3, 0.4) is 0 Å². The number of fused-ring (bicyclic) bond motifs is 1. The minimum Gasteiger partial charge on any atom is -0.344 e. The third kappa shape index (κ3) is 5.89. The molecule has 1 aliphatic heterocycles. The van der Waals surface area contributed by atoms with E-state index in [-0.39, 0.29) is 55.0 Å². The van der Waals surface area contributed by atoms with Crippen molar-refractivity contribution in [2.75, 3.05) is 0 Å². The van der Waals surface area contributed by atoms with Crippen LogP contribution in [0.5, 0.6) is 0 Å². The average Bonchev–Trinajstić information content (AvgIpc) is 3.78. The van der Waals surface area contributed by atoms with Gasteiger partial charge in [0.25, 0.3) is 5.91 Å². The topological polar surface area (TPSA) is 171 Å². The normalized spacial score (nSPS) is 23.4. The highest BCUT2D eigenvalue weighted by Crippen LogP contribution is 2.48. The first-order valence-corrected chi connectivity index (χ1v) is 14.6. The summed E-state index contributed by atoms with van der Waals surface area (Å²) in [4.78, 5) is 32.2. The first-order valence-electron chi connectivity index (χ1n) is 14.6. The van der Waals surface area contributed by atoms with E-state index in [1.54, 1.807) is 19.2 Å². The van der Waals surface area contributed by atoms with Crippen LogP contribution in [0.4, 0.5) is 22.0 Å². The summed E-state index contributed by atoms with van der Waals surface area (Å²) >= 11 is 0. The van der Waals surface area contributed by atoms with Crippen LogP contribution in [0, 0.1) is 18.3 Å². The Morgan fingerprint density at radius 1 is 1.24 bits per heavy atom. The maximum atomic E-state index is 14.0. The van der Waals surface area contributed by atoms with Crippen molar-refractivity contribution in [3.8, 4) is 0 Å². The molecule has 2 aliphatic rings. The monoisotopic (exact) mass is 651 g/mol. The van der Waals surface area contributed by atoms with E-state index >= 15 is 0 Å². The summed E-state index contributed by atoms with van der Waals surface area (Å²) in [5.74, 6) is -5.35. The molecular weight excluding hydrogens is 621 g/mol. The van der Waals surface area contributed by atoms with Gasteiger partial charge >= 0.3 is 6.18 Å². The fourth-order valence-corrected chi connectivity index (χ4v) is 6.43. The van der Waals surface area contributed by atoms with E-state index in [2.05, 4.69) is 51.1 Å². The lowest BCUT2D eigenvalue weighted by molar-refractivity contribution is -0.155. The van der Waals surface area contributed by atoms with Gasteiger partial charge in [-0.05, 0) is 60.5 Å². The summed E-state index contributed by atoms with van der Waals surface area (Å²) < 4.78 is 75.5. The van der Waals surface area contributed by atoms with Gasteiger partial charge in [-0.25, -0.2) is 22.9 Å². The van der Waals surface area contributed by atoms with Crippen molar-refractivity contribution < 1.29 is 36.2 Å². The molecule has 2 fully saturated rings. The molecule has 246 valence electrons. The Balaban J connectivity index is 1.33. The lowest BCUT2D eigenvalue weighted by Gasteiger charge is -2.33. The highest BCUT2D eigenvalue weighted by molar-refractivity contribution is 5.93. The van der Waals surface area contributed by atoms with Gasteiger partial charge in [0.05, 0.1) is 36.6 Å². The summed E-state index contributed by atoms with van der Waals surface area (Å²) in [6.45, 7) is 3.12. The number of amides is 2. The Morgan fingerprint density at radius 2 is 1.98 bits per heavy atom. The second-order valence-electron chi connectivity index (χ2n) is 12.1. The molecule has 46 heavy (non-hydrogen) atoms. The van der Waals surface area contributed by atoms with Gasteiger partial charge in [-0.1, -0.05) is 12.1 Å². The van der Waals surface area contributed by atoms with Gasteiger partial charge in [0.1, 0.15) is 11.7 Å². The van der Waals surface area contributed by atoms with Crippen molar-refractivity contribution in [3.63, 3.8) is 0 Å². The number of hydrogen-bond acceptors (Lipinski definition) is 10. The second-order valence-corrected chi connectivity index (χ2v) is 12.1. The number of alkyl halides is 5. The van der Waals surface area contributed by atoms with E-state index in [0.717, 1.165) is 4.80 Å². The molecule has 0 aromatic carbocycles. The first kappa shape index (κ1) is 31.4. The zero-order chi connectivity index (χ0) is 33.0. The van der Waals surface area contributed by atoms with Crippen molar-refractivity contribution in [2.45, 2.75) is 82.5 Å². The SMILES string of the molecule is Cc1nonc1C(=O)N[C@H](c1cn2ncc(C[C@@]3([C@@H](C)c4nnn(C)n4)C[C@@H](C(F)(F)F)NC3=O)cc2n1)C1CCC(F)(F)CC1. The number of nitrogens with zero attached hydrogens (tertiary/aromatic N) is 9. The molecule has 6 rings (SSSR count). The van der Waals surface area contributed by atoms with Gasteiger partial charge in [0.15, 0.2) is 17.2 Å². The molecule has 4 atom stereocenters. The van der Waals surface area contributed by atoms with Crippen molar-refractivity contribution in [1.82, 2.24) is 55.8 Å². The third-order valence-corrected chi connectivity index (χ3v) is 9.08. The predicted octanol–water partition coefficient (Wildman–Crippen LogP) is 3.02. The number of hydrogen-bond donors (Lipinski definition) is 2. The van der Waals surface area contributed by atoms with Crippen LogP contribution in [0.15, 0.2) is 23.1 Å². The largest absolute Gasteiger partial charge is 0.408 e. The van der Waals surface area contributed by atoms with Gasteiger partial charge < -0.3 is 10.6 Å². The third-order valence-electron chi connectivity index (χ3n) is 9.08. The van der Waals surface area contributed by atoms with Crippen molar-refractivity contribution >= 4 is 17.5 Å². The van der Waals surface area contributed by atoms with Crippen LogP contribution in [0.25, 0.3) is 5.65 Å². The van der Waals surface area contributed by atoms with E-state index in [9.17, 15) is 31.5 Å². The van der Waals surface area contributed by atoms with Gasteiger partial charge in [-0.2, -0.15) is 23.1 Å². The summed E-state index contributed by atoms with van der Waals surface area (Å²) in [5, 5.41) is 28.4. The molecule has 4 aromatic rings. The Labute approximate surface area is 257 Å². The average molecular weight is 652 g/mol. The Kier molecular flexibility index (Phi) is 7.74. The van der Waals surface area contributed by atoms with Gasteiger partial charge in [-0.15, -0.1) is 10.2 Å². The number of aromatic nitrogens is 9. The molecule has 0 bridgehead atoms. The van der Waals surface area contributed by atoms with Crippen LogP contribution in [-0.4, -0.2) is 75.1 Å². The maximum absolute atomic E-state index is 14.0. The maximum Gasteiger partial charge on any atom is 0.408 e. The van der Waals surface area contributed by atoms with Crippen molar-refractivity contribution in [2.24, 2.45) is 18.4 Å². The number of nitrogens with one attached hydrogen (secondary N) is 2. The second kappa shape index (κ2) is 11.3. The van der Waals surface area contributed by atoms with Crippen LogP contribution in [-0.2, 0) is 18.3 Å². The zero-order valence-electron chi connectivity index (χ0n) is 24.9. The molecule has 14 nitrogen and oxygen atoms in total. The number of carbonyl (C=O) groups is 2. The van der Waals surface area contributed by atoms with Crippen LogP contribution < -0.4 is 10.6 Å². The number of tetrazole rings is 1. The molecule has 0 unspecified atom stereocenters. The molecule has 1 saturated heterocycles. The molecule has 5 heterocycles. The summed E-state index contributed by atoms with van der Waals surface area (Å²) in [6, 6.07) is -1.28. The smallest absolute Gasteiger partial charge is 0.344 e. The Bertz CT molecular complexity index is 1760. The van der Waals surface area contributed by atoms with Crippen molar-refractivity contribution in [1.29, 1.82) is 0 Å². The minimum absolute atomic E-state index is 0.0562. The quantitative estimate of drug-likeness (QED) is 0.270. The molecule has 2 amide bonds. The number of aryl methyl sites for hydroxylation is 2. The van der Waals surface area contributed by atoms with E-state index in [4.69, 9.17) is 0 Å². The highest BCUT2D eigenvalue weighted by Gasteiger charge is 2.58. The molecule has 1 saturated carbocycles. The molecule has 1 aliphatic carbocycles. The van der Waals surface area contributed by atoms with E-state index in [0.29, 0.717) is 11.3 Å². The van der Waals surface area contributed by atoms with Crippen LogP contribution in [0.1, 0.15) is 84.3 Å². The summed E-state index contributed by atoms with van der Waals surface area (Å²) in [6.07, 6.45) is -2.88. The first-order chi connectivity index (χ1) is 21.6. The fraction of sp³-hybridized carbons (Fsp3) is 0.593. The standard InChI is InChI=1S/C27H30F5N11O3/c1-13(22-37-41-42(3)38-22)25(10-18(27(30,31)32)35-24(25)45)9-15-8-19-34-17(12-43(19)33-11-15)21(16-4-6-26(28,29)7-5-16)36-23(44)20-14(2)39-46-40-20/h8,11-13,16,18,21H,4-7,9-10H2,1-3H3,(H,35,45)(H,36,44)/t13-,18-,21-,25-/m0/s1. The van der Waals surface area contributed by atoms with Gasteiger partial charge in [-0.3, -0.25) is 9.59 Å². The van der Waals surface area contributed by atoms with Crippen molar-refractivity contribution in [3.05, 3.63) is 46.9 Å². The molecule has 4 aromatic heterocycles. The van der Waals surface area contributed by atoms with Crippen LogP contribution in [0.2, 0.25) is 0 Å². The molecule has 19 heteroatoms. The molecular formula is C27H30F5N11O3. The number of carbonyl (C=O) groups excluding carboxylic acids is 2. The lowest BCUT2D eigenvalue weighted by atomic mass is 9.69. The number of halogens is 5. The summed E-state index contributed by atoms with van der Waals surface area (Å²) in [5.41, 5.74) is -0.370. The number of imidazole rings is 1. The summed E-state index contributed by atoms with van der Waals surface area (Å²) in [7, 11) is 1.51. The number of rotatable bonds is 8. The highest BCUT2D eigenvalue weighted by atomic mass is 19.4. The Morgan fingerprint density at radius 3 is 2.59 bits per heavy atom. The zero-order valence-corrected chi connectivity index (χ0v) is 24.9. The van der Waals surface area contributed by atoms with Crippen LogP contribution >= 0.6 is 0 Å². The fourth-order valence-electron chi connectivity index (χ4n) is 6.43. The molecule has 0 radical (unpaired) electrons.